The highest BCUT2D eigenvalue weighted by molar-refractivity contribution is 7.92. The molecule has 0 unspecified atom stereocenters. The number of benzene rings is 1. The number of hydrogen-bond acceptors (Lipinski definition) is 5. The van der Waals surface area contributed by atoms with Crippen LogP contribution in [-0.4, -0.2) is 30.3 Å². The molecule has 7 heteroatoms. The van der Waals surface area contributed by atoms with Crippen LogP contribution in [0.3, 0.4) is 0 Å². The third-order valence-electron chi connectivity index (χ3n) is 4.60. The monoisotopic (exact) mass is 359 g/mol. The van der Waals surface area contributed by atoms with Gasteiger partial charge in [-0.1, -0.05) is 31.0 Å². The van der Waals surface area contributed by atoms with E-state index in [9.17, 15) is 13.2 Å². The number of hydrogen-bond donors (Lipinski definition) is 2. The minimum atomic E-state index is -3.48. The molecule has 1 aromatic heterocycles. The SMILES string of the molecule is CS(=O)(=O)C1(C(=O)Nc2ccc(Nc3ccccc3)nc2)CCCC1. The van der Waals surface area contributed by atoms with E-state index in [1.54, 1.807) is 12.1 Å². The van der Waals surface area contributed by atoms with E-state index in [0.717, 1.165) is 24.8 Å². The van der Waals surface area contributed by atoms with Crippen molar-refractivity contribution in [2.45, 2.75) is 30.4 Å². The van der Waals surface area contributed by atoms with E-state index in [0.29, 0.717) is 24.3 Å². The quantitative estimate of drug-likeness (QED) is 0.856. The Bertz CT molecular complexity index is 843. The maximum atomic E-state index is 12.6. The van der Waals surface area contributed by atoms with Crippen molar-refractivity contribution in [3.63, 3.8) is 0 Å². The number of pyridine rings is 1. The molecule has 132 valence electrons. The first-order valence-corrected chi connectivity index (χ1v) is 10.1. The second kappa shape index (κ2) is 6.84. The average molecular weight is 359 g/mol. The maximum absolute atomic E-state index is 12.6. The predicted octanol–water partition coefficient (Wildman–Crippen LogP) is 3.12. The van der Waals surface area contributed by atoms with Crippen molar-refractivity contribution in [3.8, 4) is 0 Å². The summed E-state index contributed by atoms with van der Waals surface area (Å²) >= 11 is 0. The molecule has 0 atom stereocenters. The summed E-state index contributed by atoms with van der Waals surface area (Å²) in [6.07, 6.45) is 4.91. The van der Waals surface area contributed by atoms with Gasteiger partial charge < -0.3 is 10.6 Å². The molecular weight excluding hydrogens is 338 g/mol. The lowest BCUT2D eigenvalue weighted by molar-refractivity contribution is -0.118. The third-order valence-corrected chi connectivity index (χ3v) is 6.62. The number of rotatable bonds is 5. The van der Waals surface area contributed by atoms with E-state index in [1.165, 1.54) is 6.20 Å². The second-order valence-electron chi connectivity index (χ2n) is 6.35. The number of anilines is 3. The summed E-state index contributed by atoms with van der Waals surface area (Å²) in [7, 11) is -3.48. The molecule has 1 fully saturated rings. The van der Waals surface area contributed by atoms with E-state index >= 15 is 0 Å². The summed E-state index contributed by atoms with van der Waals surface area (Å²) in [5.74, 6) is 0.181. The predicted molar refractivity (Wildman–Crippen MR) is 98.6 cm³/mol. The molecule has 2 aromatic rings. The van der Waals surface area contributed by atoms with Gasteiger partial charge in [0.05, 0.1) is 11.9 Å². The zero-order valence-electron chi connectivity index (χ0n) is 14.0. The maximum Gasteiger partial charge on any atom is 0.245 e. The van der Waals surface area contributed by atoms with E-state index in [1.807, 2.05) is 30.3 Å². The Morgan fingerprint density at radius 1 is 1.04 bits per heavy atom. The molecule has 0 saturated heterocycles. The van der Waals surface area contributed by atoms with Crippen LogP contribution in [0.1, 0.15) is 25.7 Å². The number of sulfone groups is 1. The fourth-order valence-corrected chi connectivity index (χ4v) is 4.59. The molecule has 3 rings (SSSR count). The molecule has 1 aliphatic rings. The molecule has 2 N–H and O–H groups in total. The molecule has 1 heterocycles. The number of carbonyl (C=O) groups is 1. The van der Waals surface area contributed by atoms with E-state index < -0.39 is 20.5 Å². The molecule has 0 aliphatic heterocycles. The topological polar surface area (TPSA) is 88.2 Å². The minimum Gasteiger partial charge on any atom is -0.340 e. The minimum absolute atomic E-state index is 0.374. The summed E-state index contributed by atoms with van der Waals surface area (Å²) in [4.78, 5) is 16.9. The molecule has 0 bridgehead atoms. The lowest BCUT2D eigenvalue weighted by Crippen LogP contribution is -2.47. The number of amides is 1. The fraction of sp³-hybridized carbons (Fsp3) is 0.333. The fourth-order valence-electron chi connectivity index (χ4n) is 3.17. The molecule has 0 radical (unpaired) electrons. The molecule has 25 heavy (non-hydrogen) atoms. The van der Waals surface area contributed by atoms with Gasteiger partial charge in [0, 0.05) is 11.9 Å². The molecule has 6 nitrogen and oxygen atoms in total. The number of para-hydroxylation sites is 1. The smallest absolute Gasteiger partial charge is 0.245 e. The standard InChI is InChI=1S/C18H21N3O3S/c1-25(23,24)18(11-5-6-12-18)17(22)21-15-9-10-16(19-13-15)20-14-7-3-2-4-8-14/h2-4,7-10,13H,5-6,11-12H2,1H3,(H,19,20)(H,21,22). The summed E-state index contributed by atoms with van der Waals surface area (Å²) in [6.45, 7) is 0. The highest BCUT2D eigenvalue weighted by Crippen LogP contribution is 2.37. The van der Waals surface area contributed by atoms with Gasteiger partial charge in [0.15, 0.2) is 14.6 Å². The highest BCUT2D eigenvalue weighted by Gasteiger charge is 2.49. The Kier molecular flexibility index (Phi) is 4.76. The van der Waals surface area contributed by atoms with E-state index in [-0.39, 0.29) is 0 Å². The zero-order chi connectivity index (χ0) is 17.9. The van der Waals surface area contributed by atoms with Gasteiger partial charge in [-0.3, -0.25) is 4.79 Å². The first-order chi connectivity index (χ1) is 11.9. The van der Waals surface area contributed by atoms with Gasteiger partial charge in [-0.25, -0.2) is 13.4 Å². The van der Waals surface area contributed by atoms with Crippen LogP contribution in [0.4, 0.5) is 17.2 Å². The van der Waals surface area contributed by atoms with Crippen LogP contribution >= 0.6 is 0 Å². The molecule has 1 aromatic carbocycles. The van der Waals surface area contributed by atoms with E-state index in [2.05, 4.69) is 15.6 Å². The van der Waals surface area contributed by atoms with Crippen molar-refractivity contribution in [2.24, 2.45) is 0 Å². The summed E-state index contributed by atoms with van der Waals surface area (Å²) < 4.78 is 23.0. The Labute approximate surface area is 147 Å². The number of carbonyl (C=O) groups excluding carboxylic acids is 1. The van der Waals surface area contributed by atoms with Crippen molar-refractivity contribution < 1.29 is 13.2 Å². The van der Waals surface area contributed by atoms with Crippen molar-refractivity contribution in [1.82, 2.24) is 4.98 Å². The van der Waals surface area contributed by atoms with Gasteiger partial charge in [-0.2, -0.15) is 0 Å². The van der Waals surface area contributed by atoms with Crippen molar-refractivity contribution >= 4 is 32.9 Å². The van der Waals surface area contributed by atoms with Crippen LogP contribution in [0.5, 0.6) is 0 Å². The van der Waals surface area contributed by atoms with Crippen LogP contribution in [0.15, 0.2) is 48.7 Å². The van der Waals surface area contributed by atoms with Gasteiger partial charge in [0.2, 0.25) is 5.91 Å². The van der Waals surface area contributed by atoms with Crippen LogP contribution < -0.4 is 10.6 Å². The molecule has 1 amide bonds. The highest BCUT2D eigenvalue weighted by atomic mass is 32.2. The second-order valence-corrected chi connectivity index (χ2v) is 8.68. The summed E-state index contributed by atoms with van der Waals surface area (Å²) in [5.41, 5.74) is 1.40. The summed E-state index contributed by atoms with van der Waals surface area (Å²) in [6, 6.07) is 13.1. The zero-order valence-corrected chi connectivity index (χ0v) is 14.8. The van der Waals surface area contributed by atoms with Gasteiger partial charge in [-0.05, 0) is 37.1 Å². The third kappa shape index (κ3) is 3.66. The number of aromatic nitrogens is 1. The Morgan fingerprint density at radius 2 is 1.72 bits per heavy atom. The lowest BCUT2D eigenvalue weighted by atomic mass is 10.1. The van der Waals surface area contributed by atoms with Crippen LogP contribution in [0.2, 0.25) is 0 Å². The lowest BCUT2D eigenvalue weighted by Gasteiger charge is -2.25. The van der Waals surface area contributed by atoms with Crippen molar-refractivity contribution in [2.75, 3.05) is 16.9 Å². The van der Waals surface area contributed by atoms with Gasteiger partial charge >= 0.3 is 0 Å². The normalized spacial score (nSPS) is 16.4. The number of nitrogens with one attached hydrogen (secondary N) is 2. The first-order valence-electron chi connectivity index (χ1n) is 8.20. The van der Waals surface area contributed by atoms with Crippen LogP contribution in [-0.2, 0) is 14.6 Å². The molecule has 1 saturated carbocycles. The van der Waals surface area contributed by atoms with Crippen molar-refractivity contribution in [1.29, 1.82) is 0 Å². The molecular formula is C18H21N3O3S. The van der Waals surface area contributed by atoms with Crippen molar-refractivity contribution in [3.05, 3.63) is 48.7 Å². The number of nitrogens with zero attached hydrogens (tertiary/aromatic N) is 1. The Balaban J connectivity index is 1.72. The van der Waals surface area contributed by atoms with Gasteiger partial charge in [0.1, 0.15) is 5.82 Å². The Hall–Kier alpha value is -2.41. The molecule has 0 spiro atoms. The van der Waals surface area contributed by atoms with E-state index in [4.69, 9.17) is 0 Å². The van der Waals surface area contributed by atoms with Gasteiger partial charge in [-0.15, -0.1) is 0 Å². The van der Waals surface area contributed by atoms with Gasteiger partial charge in [0.25, 0.3) is 0 Å². The average Bonchev–Trinajstić information content (AvgIpc) is 3.09. The molecule has 1 aliphatic carbocycles. The van der Waals surface area contributed by atoms with Crippen LogP contribution in [0, 0.1) is 0 Å². The largest absolute Gasteiger partial charge is 0.340 e. The first kappa shape index (κ1) is 17.4. The van der Waals surface area contributed by atoms with Crippen LogP contribution in [0.25, 0.3) is 0 Å². The summed E-state index contributed by atoms with van der Waals surface area (Å²) in [5, 5.41) is 5.87. The Morgan fingerprint density at radius 3 is 2.28 bits per heavy atom.